The van der Waals surface area contributed by atoms with Crippen molar-refractivity contribution in [3.8, 4) is 11.8 Å². The number of amides is 1. The van der Waals surface area contributed by atoms with Gasteiger partial charge in [-0.2, -0.15) is 9.97 Å². The number of furan rings is 1. The number of carbonyl (C=O) groups excluding carboxylic acids is 1. The molecule has 2 N–H and O–H groups in total. The van der Waals surface area contributed by atoms with E-state index in [0.29, 0.717) is 24.7 Å². The van der Waals surface area contributed by atoms with Gasteiger partial charge in [0.1, 0.15) is 5.76 Å². The van der Waals surface area contributed by atoms with Gasteiger partial charge < -0.3 is 29.3 Å². The average molecular weight is 572 g/mol. The molecular formula is C32H37N5O5. The van der Waals surface area contributed by atoms with Gasteiger partial charge in [-0.25, -0.2) is 0 Å². The summed E-state index contributed by atoms with van der Waals surface area (Å²) in [5, 5.41) is 5.96. The summed E-state index contributed by atoms with van der Waals surface area (Å²) < 4.78 is 23.2. The van der Waals surface area contributed by atoms with Crippen molar-refractivity contribution in [1.29, 1.82) is 0 Å². The Morgan fingerprint density at radius 3 is 2.21 bits per heavy atom. The number of benzene rings is 1. The van der Waals surface area contributed by atoms with E-state index >= 15 is 0 Å². The highest BCUT2D eigenvalue weighted by Gasteiger charge is 2.43. The largest absolute Gasteiger partial charge is 0.479 e. The normalized spacial score (nSPS) is 14.7. The predicted molar refractivity (Wildman–Crippen MR) is 159 cm³/mol. The third-order valence-electron chi connectivity index (χ3n) is 7.45. The number of aromatic nitrogens is 3. The van der Waals surface area contributed by atoms with Gasteiger partial charge in [-0.3, -0.25) is 9.78 Å². The van der Waals surface area contributed by atoms with E-state index in [1.54, 1.807) is 18.5 Å². The number of aryl methyl sites for hydroxylation is 1. The fraction of sp³-hybridized carbons (Fsp3) is 0.375. The molecule has 10 heteroatoms. The third kappa shape index (κ3) is 5.94. The van der Waals surface area contributed by atoms with Crippen LogP contribution in [-0.4, -0.2) is 41.6 Å². The molecule has 0 atom stereocenters. The summed E-state index contributed by atoms with van der Waals surface area (Å²) in [6.45, 7) is 11.0. The van der Waals surface area contributed by atoms with E-state index in [-0.39, 0.29) is 34.4 Å². The molecule has 0 bridgehead atoms. The van der Waals surface area contributed by atoms with Gasteiger partial charge in [0, 0.05) is 25.4 Å². The Morgan fingerprint density at radius 1 is 0.929 bits per heavy atom. The van der Waals surface area contributed by atoms with Crippen LogP contribution in [-0.2, 0) is 28.8 Å². The van der Waals surface area contributed by atoms with Crippen LogP contribution in [0.2, 0.25) is 0 Å². The summed E-state index contributed by atoms with van der Waals surface area (Å²) >= 11 is 0. The van der Waals surface area contributed by atoms with E-state index in [0.717, 1.165) is 23.1 Å². The fourth-order valence-electron chi connectivity index (χ4n) is 5.42. The zero-order valence-corrected chi connectivity index (χ0v) is 25.1. The molecule has 1 aliphatic heterocycles. The molecule has 0 aliphatic carbocycles. The number of fused-ring (bicyclic) bond motifs is 1. The van der Waals surface area contributed by atoms with Crippen molar-refractivity contribution in [2.45, 2.75) is 58.7 Å². The lowest BCUT2D eigenvalue weighted by molar-refractivity contribution is -0.105. The first-order valence-corrected chi connectivity index (χ1v) is 13.9. The van der Waals surface area contributed by atoms with Crippen molar-refractivity contribution in [2.75, 3.05) is 31.4 Å². The molecule has 0 spiro atoms. The predicted octanol–water partition coefficient (Wildman–Crippen LogP) is 5.79. The number of ether oxygens (including phenoxy) is 3. The van der Waals surface area contributed by atoms with E-state index in [9.17, 15) is 4.79 Å². The number of methoxy groups -OCH3 is 2. The maximum absolute atomic E-state index is 13.2. The standard InChI is InChI=1S/C32H37N5O5/c1-19-16-23-24(32(4,5)42-31(23,2)3)18-21(19)17-22-8-9-25(41-22)27(38)35-26-28(39-6)36-30(37-29(26)40-7)34-15-12-20-10-13-33-14-11-20/h8-11,13-14,16,18H,12,15,17H2,1-7H3,(H,35,38)(H,34,36,37). The van der Waals surface area contributed by atoms with Gasteiger partial charge in [-0.05, 0) is 93.1 Å². The van der Waals surface area contributed by atoms with Crippen molar-refractivity contribution in [3.05, 3.63) is 88.1 Å². The second-order valence-electron chi connectivity index (χ2n) is 11.3. The highest BCUT2D eigenvalue weighted by molar-refractivity contribution is 6.03. The Morgan fingerprint density at radius 2 is 1.57 bits per heavy atom. The van der Waals surface area contributed by atoms with Crippen molar-refractivity contribution in [2.24, 2.45) is 0 Å². The zero-order valence-electron chi connectivity index (χ0n) is 25.1. The first-order valence-electron chi connectivity index (χ1n) is 13.9. The molecule has 0 fully saturated rings. The van der Waals surface area contributed by atoms with Gasteiger partial charge >= 0.3 is 0 Å². The second-order valence-corrected chi connectivity index (χ2v) is 11.3. The van der Waals surface area contributed by atoms with Gasteiger partial charge in [0.05, 0.1) is 25.4 Å². The van der Waals surface area contributed by atoms with Crippen LogP contribution in [0.1, 0.15) is 71.8 Å². The number of hydrogen-bond acceptors (Lipinski definition) is 9. The molecule has 10 nitrogen and oxygen atoms in total. The Hall–Kier alpha value is -4.44. The number of rotatable bonds is 10. The monoisotopic (exact) mass is 571 g/mol. The highest BCUT2D eigenvalue weighted by atomic mass is 16.5. The summed E-state index contributed by atoms with van der Waals surface area (Å²) in [5.41, 5.74) is 5.24. The van der Waals surface area contributed by atoms with Crippen LogP contribution in [0.4, 0.5) is 11.6 Å². The maximum atomic E-state index is 13.2. The molecule has 220 valence electrons. The van der Waals surface area contributed by atoms with E-state index in [2.05, 4.69) is 72.3 Å². The van der Waals surface area contributed by atoms with Gasteiger partial charge in [0.25, 0.3) is 5.91 Å². The van der Waals surface area contributed by atoms with Crippen LogP contribution in [0.3, 0.4) is 0 Å². The highest BCUT2D eigenvalue weighted by Crippen LogP contribution is 2.47. The average Bonchev–Trinajstić information content (AvgIpc) is 3.49. The topological polar surface area (TPSA) is 121 Å². The van der Waals surface area contributed by atoms with Crippen molar-refractivity contribution >= 4 is 17.5 Å². The van der Waals surface area contributed by atoms with Crippen molar-refractivity contribution in [3.63, 3.8) is 0 Å². The van der Waals surface area contributed by atoms with E-state index in [1.165, 1.54) is 25.3 Å². The second kappa shape index (κ2) is 11.4. The molecule has 5 rings (SSSR count). The van der Waals surface area contributed by atoms with Crippen LogP contribution in [0.5, 0.6) is 11.8 Å². The Balaban J connectivity index is 1.30. The quantitative estimate of drug-likeness (QED) is 0.244. The molecule has 0 unspecified atom stereocenters. The molecule has 0 saturated heterocycles. The minimum Gasteiger partial charge on any atom is -0.479 e. The lowest BCUT2D eigenvalue weighted by atomic mass is 9.86. The minimum atomic E-state index is -0.471. The summed E-state index contributed by atoms with van der Waals surface area (Å²) in [7, 11) is 2.94. The lowest BCUT2D eigenvalue weighted by Crippen LogP contribution is -2.22. The van der Waals surface area contributed by atoms with Crippen LogP contribution >= 0.6 is 0 Å². The Bertz CT molecular complexity index is 1570. The molecular weight excluding hydrogens is 534 g/mol. The number of nitrogens with one attached hydrogen (secondary N) is 2. The molecule has 1 aliphatic rings. The molecule has 4 heterocycles. The van der Waals surface area contributed by atoms with Gasteiger partial charge in [0.15, 0.2) is 11.4 Å². The Kier molecular flexibility index (Phi) is 7.92. The minimum absolute atomic E-state index is 0.150. The van der Waals surface area contributed by atoms with E-state index in [4.69, 9.17) is 18.6 Å². The number of hydrogen-bond donors (Lipinski definition) is 2. The van der Waals surface area contributed by atoms with Crippen LogP contribution in [0, 0.1) is 6.92 Å². The Labute approximate surface area is 245 Å². The summed E-state index contributed by atoms with van der Waals surface area (Å²) in [6.07, 6.45) is 4.80. The molecule has 0 saturated carbocycles. The van der Waals surface area contributed by atoms with Crippen LogP contribution in [0.25, 0.3) is 0 Å². The number of anilines is 2. The maximum Gasteiger partial charge on any atom is 0.291 e. The van der Waals surface area contributed by atoms with E-state index in [1.807, 2.05) is 18.2 Å². The molecule has 3 aromatic heterocycles. The third-order valence-corrected chi connectivity index (χ3v) is 7.45. The van der Waals surface area contributed by atoms with Crippen LogP contribution in [0.15, 0.2) is 53.2 Å². The van der Waals surface area contributed by atoms with E-state index < -0.39 is 5.91 Å². The SMILES string of the molecule is COc1nc(NCCc2ccncc2)nc(OC)c1NC(=O)c1ccc(Cc2cc3c(cc2C)C(C)(C)OC3(C)C)o1. The number of carbonyl (C=O) groups is 1. The smallest absolute Gasteiger partial charge is 0.291 e. The lowest BCUT2D eigenvalue weighted by Gasteiger charge is -2.24. The zero-order chi connectivity index (χ0) is 30.1. The number of pyridine rings is 1. The van der Waals surface area contributed by atoms with Gasteiger partial charge in [-0.1, -0.05) is 12.1 Å². The van der Waals surface area contributed by atoms with Gasteiger partial charge in [0.2, 0.25) is 17.7 Å². The molecule has 1 amide bonds. The molecule has 42 heavy (non-hydrogen) atoms. The van der Waals surface area contributed by atoms with Gasteiger partial charge in [-0.15, -0.1) is 0 Å². The summed E-state index contributed by atoms with van der Waals surface area (Å²) in [6, 6.07) is 11.8. The van der Waals surface area contributed by atoms with Crippen LogP contribution < -0.4 is 20.1 Å². The number of nitrogens with zero attached hydrogens (tertiary/aromatic N) is 3. The molecule has 4 aromatic rings. The van der Waals surface area contributed by atoms with Crippen molar-refractivity contribution in [1.82, 2.24) is 15.0 Å². The molecule has 1 aromatic carbocycles. The molecule has 0 radical (unpaired) electrons. The van der Waals surface area contributed by atoms with Crippen molar-refractivity contribution < 1.29 is 23.4 Å². The first kappa shape index (κ1) is 29.1. The summed E-state index contributed by atoms with van der Waals surface area (Å²) in [4.78, 5) is 26.0. The first-order chi connectivity index (χ1) is 20.0. The summed E-state index contributed by atoms with van der Waals surface area (Å²) in [5.74, 6) is 0.990. The fourth-order valence-corrected chi connectivity index (χ4v) is 5.42.